The van der Waals surface area contributed by atoms with Crippen molar-refractivity contribution in [3.8, 4) is 0 Å². The van der Waals surface area contributed by atoms with Gasteiger partial charge in [0.2, 0.25) is 0 Å². The summed E-state index contributed by atoms with van der Waals surface area (Å²) in [5.41, 5.74) is 3.52. The van der Waals surface area contributed by atoms with Gasteiger partial charge in [0.25, 0.3) is 5.91 Å². The molecule has 0 saturated heterocycles. The third kappa shape index (κ3) is 2.87. The maximum absolute atomic E-state index is 12.0. The second-order valence-electron chi connectivity index (χ2n) is 4.12. The van der Waals surface area contributed by atoms with Crippen LogP contribution >= 0.6 is 11.6 Å². The summed E-state index contributed by atoms with van der Waals surface area (Å²) in [6.45, 7) is 4.00. The summed E-state index contributed by atoms with van der Waals surface area (Å²) in [4.78, 5) is 15.9. The SMILES string of the molecule is Cc1ccc(C(=O)Nc2ccc(Cl)nc2)cc1C. The van der Waals surface area contributed by atoms with Gasteiger partial charge in [-0.2, -0.15) is 0 Å². The first kappa shape index (κ1) is 12.6. The highest BCUT2D eigenvalue weighted by atomic mass is 35.5. The van der Waals surface area contributed by atoms with Crippen molar-refractivity contribution in [2.75, 3.05) is 5.32 Å². The smallest absolute Gasteiger partial charge is 0.255 e. The van der Waals surface area contributed by atoms with Gasteiger partial charge >= 0.3 is 0 Å². The molecule has 0 aliphatic heterocycles. The third-order valence-electron chi connectivity index (χ3n) is 2.75. The number of carbonyl (C=O) groups excluding carboxylic acids is 1. The molecule has 18 heavy (non-hydrogen) atoms. The third-order valence-corrected chi connectivity index (χ3v) is 2.98. The molecule has 0 aliphatic carbocycles. The van der Waals surface area contributed by atoms with Gasteiger partial charge in [0.15, 0.2) is 0 Å². The van der Waals surface area contributed by atoms with E-state index in [1.54, 1.807) is 18.2 Å². The number of aryl methyl sites for hydroxylation is 2. The Morgan fingerprint density at radius 3 is 2.56 bits per heavy atom. The van der Waals surface area contributed by atoms with Crippen LogP contribution in [0.15, 0.2) is 36.5 Å². The van der Waals surface area contributed by atoms with Crippen LogP contribution in [0, 0.1) is 13.8 Å². The molecule has 0 bridgehead atoms. The summed E-state index contributed by atoms with van der Waals surface area (Å²) in [6, 6.07) is 8.96. The van der Waals surface area contributed by atoms with Gasteiger partial charge in [-0.1, -0.05) is 17.7 Å². The fraction of sp³-hybridized carbons (Fsp3) is 0.143. The highest BCUT2D eigenvalue weighted by Gasteiger charge is 2.07. The first-order chi connectivity index (χ1) is 8.56. The summed E-state index contributed by atoms with van der Waals surface area (Å²) in [5, 5.41) is 3.17. The lowest BCUT2D eigenvalue weighted by molar-refractivity contribution is 0.102. The van der Waals surface area contributed by atoms with E-state index in [0.717, 1.165) is 5.56 Å². The highest BCUT2D eigenvalue weighted by molar-refractivity contribution is 6.29. The van der Waals surface area contributed by atoms with Crippen molar-refractivity contribution in [1.29, 1.82) is 0 Å². The molecule has 0 aliphatic rings. The van der Waals surface area contributed by atoms with Crippen molar-refractivity contribution in [3.05, 3.63) is 58.4 Å². The van der Waals surface area contributed by atoms with E-state index in [2.05, 4.69) is 10.3 Å². The number of pyridine rings is 1. The topological polar surface area (TPSA) is 42.0 Å². The number of hydrogen-bond donors (Lipinski definition) is 1. The summed E-state index contributed by atoms with van der Waals surface area (Å²) < 4.78 is 0. The van der Waals surface area contributed by atoms with Crippen LogP contribution in [0.3, 0.4) is 0 Å². The Hall–Kier alpha value is -1.87. The van der Waals surface area contributed by atoms with E-state index in [-0.39, 0.29) is 5.91 Å². The Balaban J connectivity index is 2.16. The Morgan fingerprint density at radius 1 is 1.17 bits per heavy atom. The predicted molar refractivity (Wildman–Crippen MR) is 73.1 cm³/mol. The number of anilines is 1. The maximum Gasteiger partial charge on any atom is 0.255 e. The van der Waals surface area contributed by atoms with E-state index in [1.807, 2.05) is 26.0 Å². The fourth-order valence-electron chi connectivity index (χ4n) is 1.54. The Kier molecular flexibility index (Phi) is 3.63. The molecule has 2 rings (SSSR count). The second-order valence-corrected chi connectivity index (χ2v) is 4.51. The molecule has 0 atom stereocenters. The van der Waals surface area contributed by atoms with Gasteiger partial charge in [-0.3, -0.25) is 4.79 Å². The predicted octanol–water partition coefficient (Wildman–Crippen LogP) is 3.60. The maximum atomic E-state index is 12.0. The number of aromatic nitrogens is 1. The van der Waals surface area contributed by atoms with E-state index in [9.17, 15) is 4.79 Å². The lowest BCUT2D eigenvalue weighted by atomic mass is 10.1. The van der Waals surface area contributed by atoms with Crippen LogP contribution in [0.5, 0.6) is 0 Å². The number of benzene rings is 1. The number of nitrogens with one attached hydrogen (secondary N) is 1. The van der Waals surface area contributed by atoms with Crippen LogP contribution in [0.25, 0.3) is 0 Å². The summed E-state index contributed by atoms with van der Waals surface area (Å²) in [5.74, 6) is -0.151. The number of rotatable bonds is 2. The van der Waals surface area contributed by atoms with E-state index in [1.165, 1.54) is 11.8 Å². The van der Waals surface area contributed by atoms with Gasteiger partial charge in [-0.15, -0.1) is 0 Å². The number of halogens is 1. The van der Waals surface area contributed by atoms with E-state index < -0.39 is 0 Å². The van der Waals surface area contributed by atoms with Crippen LogP contribution in [-0.4, -0.2) is 10.9 Å². The van der Waals surface area contributed by atoms with Crippen molar-refractivity contribution in [2.24, 2.45) is 0 Å². The van der Waals surface area contributed by atoms with Crippen LogP contribution in [0.1, 0.15) is 21.5 Å². The van der Waals surface area contributed by atoms with Crippen LogP contribution < -0.4 is 5.32 Å². The van der Waals surface area contributed by atoms with Crippen molar-refractivity contribution >= 4 is 23.2 Å². The number of carbonyl (C=O) groups is 1. The largest absolute Gasteiger partial charge is 0.321 e. The van der Waals surface area contributed by atoms with Gasteiger partial charge in [0.05, 0.1) is 11.9 Å². The molecular weight excluding hydrogens is 248 g/mol. The van der Waals surface area contributed by atoms with Gasteiger partial charge in [0.1, 0.15) is 5.15 Å². The minimum atomic E-state index is -0.151. The molecule has 4 heteroatoms. The zero-order chi connectivity index (χ0) is 13.1. The molecule has 1 N–H and O–H groups in total. The Labute approximate surface area is 111 Å². The zero-order valence-corrected chi connectivity index (χ0v) is 11.0. The molecule has 1 aromatic carbocycles. The molecule has 0 fully saturated rings. The monoisotopic (exact) mass is 260 g/mol. The average Bonchev–Trinajstić information content (AvgIpc) is 2.35. The zero-order valence-electron chi connectivity index (χ0n) is 10.2. The van der Waals surface area contributed by atoms with Crippen LogP contribution in [0.2, 0.25) is 5.15 Å². The van der Waals surface area contributed by atoms with Crippen molar-refractivity contribution < 1.29 is 4.79 Å². The lowest BCUT2D eigenvalue weighted by Crippen LogP contribution is -2.12. The Bertz CT molecular complexity index is 579. The molecule has 0 radical (unpaired) electrons. The van der Waals surface area contributed by atoms with Crippen molar-refractivity contribution in [3.63, 3.8) is 0 Å². The first-order valence-electron chi connectivity index (χ1n) is 5.56. The van der Waals surface area contributed by atoms with E-state index >= 15 is 0 Å². The van der Waals surface area contributed by atoms with Gasteiger partial charge in [-0.25, -0.2) is 4.98 Å². The minimum Gasteiger partial charge on any atom is -0.321 e. The summed E-state index contributed by atoms with van der Waals surface area (Å²) in [7, 11) is 0. The number of hydrogen-bond acceptors (Lipinski definition) is 2. The van der Waals surface area contributed by atoms with E-state index in [0.29, 0.717) is 16.4 Å². The highest BCUT2D eigenvalue weighted by Crippen LogP contribution is 2.13. The minimum absolute atomic E-state index is 0.151. The lowest BCUT2D eigenvalue weighted by Gasteiger charge is -2.07. The molecule has 0 unspecified atom stereocenters. The van der Waals surface area contributed by atoms with Gasteiger partial charge in [-0.05, 0) is 49.2 Å². The molecular formula is C14H13ClN2O. The van der Waals surface area contributed by atoms with Crippen molar-refractivity contribution in [1.82, 2.24) is 4.98 Å². The van der Waals surface area contributed by atoms with Crippen LogP contribution in [-0.2, 0) is 0 Å². The molecule has 1 aromatic heterocycles. The summed E-state index contributed by atoms with van der Waals surface area (Å²) in [6.07, 6.45) is 1.53. The molecule has 0 saturated carbocycles. The van der Waals surface area contributed by atoms with Gasteiger partial charge < -0.3 is 5.32 Å². The molecule has 3 nitrogen and oxygen atoms in total. The molecule has 92 valence electrons. The summed E-state index contributed by atoms with van der Waals surface area (Å²) >= 11 is 5.68. The normalized spacial score (nSPS) is 10.2. The Morgan fingerprint density at radius 2 is 1.94 bits per heavy atom. The molecule has 1 heterocycles. The molecule has 2 aromatic rings. The average molecular weight is 261 g/mol. The van der Waals surface area contributed by atoms with Crippen molar-refractivity contribution in [2.45, 2.75) is 13.8 Å². The second kappa shape index (κ2) is 5.19. The van der Waals surface area contributed by atoms with E-state index in [4.69, 9.17) is 11.6 Å². The molecule has 0 spiro atoms. The number of nitrogens with zero attached hydrogens (tertiary/aromatic N) is 1. The van der Waals surface area contributed by atoms with Gasteiger partial charge in [0, 0.05) is 5.56 Å². The standard InChI is InChI=1S/C14H13ClN2O/c1-9-3-4-11(7-10(9)2)14(18)17-12-5-6-13(15)16-8-12/h3-8H,1-2H3,(H,17,18). The fourth-order valence-corrected chi connectivity index (χ4v) is 1.65. The van der Waals surface area contributed by atoms with Crippen LogP contribution in [0.4, 0.5) is 5.69 Å². The quantitative estimate of drug-likeness (QED) is 0.839. The number of amides is 1. The molecule has 1 amide bonds. The first-order valence-corrected chi connectivity index (χ1v) is 5.94.